The Morgan fingerprint density at radius 2 is 1.92 bits per heavy atom. The van der Waals surface area contributed by atoms with Gasteiger partial charge in [-0.05, 0) is 35.2 Å². The Kier molecular flexibility index (Phi) is 4.64. The van der Waals surface area contributed by atoms with Crippen molar-refractivity contribution in [2.45, 2.75) is 24.9 Å². The fraction of sp³-hybridized carbons (Fsp3) is 0.278. The highest BCUT2D eigenvalue weighted by Gasteiger charge is 2.48. The Bertz CT molecular complexity index is 820. The van der Waals surface area contributed by atoms with Gasteiger partial charge in [-0.25, -0.2) is 0 Å². The Labute approximate surface area is 147 Å². The number of ether oxygens (including phenoxy) is 1. The van der Waals surface area contributed by atoms with Crippen LogP contribution < -0.4 is 10.5 Å². The van der Waals surface area contributed by atoms with Gasteiger partial charge >= 0.3 is 6.18 Å². The molecule has 0 aromatic heterocycles. The lowest BCUT2D eigenvalue weighted by Gasteiger charge is -2.18. The number of alkyl halides is 3. The number of hydrogen-bond donors (Lipinski definition) is 1. The van der Waals surface area contributed by atoms with E-state index in [-0.39, 0.29) is 34.9 Å². The standard InChI is InChI=1S/C18H15ClF3NO2/c19-14-9-10(25-7-3-6-15(23)24)8-13-16(14)11-4-1-2-5-12(11)17(13)18(20,21)22/h1-2,4-5,8-9,17H,3,6-7H2,(H2,23,24)/t17-/m0/s1. The first-order chi connectivity index (χ1) is 11.8. The highest BCUT2D eigenvalue weighted by Crippen LogP contribution is 2.54. The highest BCUT2D eigenvalue weighted by atomic mass is 35.5. The van der Waals surface area contributed by atoms with Crippen molar-refractivity contribution in [1.82, 2.24) is 0 Å². The molecule has 2 aromatic rings. The van der Waals surface area contributed by atoms with Gasteiger partial charge < -0.3 is 10.5 Å². The van der Waals surface area contributed by atoms with Gasteiger partial charge in [0.25, 0.3) is 0 Å². The van der Waals surface area contributed by atoms with E-state index in [2.05, 4.69) is 0 Å². The molecule has 0 spiro atoms. The van der Waals surface area contributed by atoms with E-state index < -0.39 is 18.0 Å². The molecule has 1 aliphatic rings. The van der Waals surface area contributed by atoms with Gasteiger partial charge in [0.1, 0.15) is 11.7 Å². The molecule has 0 bridgehead atoms. The van der Waals surface area contributed by atoms with Crippen LogP contribution in [0.4, 0.5) is 13.2 Å². The Hall–Kier alpha value is -2.21. The lowest BCUT2D eigenvalue weighted by Crippen LogP contribution is -2.20. The van der Waals surface area contributed by atoms with E-state index in [0.717, 1.165) is 0 Å². The van der Waals surface area contributed by atoms with E-state index in [1.165, 1.54) is 18.2 Å². The number of amides is 1. The van der Waals surface area contributed by atoms with Crippen molar-refractivity contribution in [3.63, 3.8) is 0 Å². The van der Waals surface area contributed by atoms with Gasteiger partial charge in [0.2, 0.25) is 5.91 Å². The molecule has 2 aromatic carbocycles. The van der Waals surface area contributed by atoms with Crippen LogP contribution in [0.3, 0.4) is 0 Å². The number of carbonyl (C=O) groups is 1. The monoisotopic (exact) mass is 369 g/mol. The normalized spacial score (nSPS) is 15.6. The lowest BCUT2D eigenvalue weighted by molar-refractivity contribution is -0.140. The van der Waals surface area contributed by atoms with Crippen LogP contribution in [0.1, 0.15) is 29.9 Å². The fourth-order valence-electron chi connectivity index (χ4n) is 3.13. The molecular weight excluding hydrogens is 355 g/mol. The van der Waals surface area contributed by atoms with Crippen molar-refractivity contribution in [1.29, 1.82) is 0 Å². The smallest absolute Gasteiger partial charge is 0.399 e. The predicted molar refractivity (Wildman–Crippen MR) is 88.7 cm³/mol. The first kappa shape index (κ1) is 17.6. The van der Waals surface area contributed by atoms with Crippen LogP contribution in [0.15, 0.2) is 36.4 Å². The maximum absolute atomic E-state index is 13.6. The average Bonchev–Trinajstić information content (AvgIpc) is 2.86. The molecule has 1 atom stereocenters. The number of fused-ring (bicyclic) bond motifs is 3. The minimum absolute atomic E-state index is 0.0890. The van der Waals surface area contributed by atoms with Gasteiger partial charge in [-0.3, -0.25) is 4.79 Å². The van der Waals surface area contributed by atoms with Crippen LogP contribution in [-0.2, 0) is 4.79 Å². The molecule has 7 heteroatoms. The summed E-state index contributed by atoms with van der Waals surface area (Å²) in [4.78, 5) is 10.7. The zero-order valence-electron chi connectivity index (χ0n) is 13.1. The third-order valence-corrected chi connectivity index (χ3v) is 4.41. The minimum atomic E-state index is -4.44. The van der Waals surface area contributed by atoms with Gasteiger partial charge in [0.05, 0.1) is 11.6 Å². The van der Waals surface area contributed by atoms with Crippen LogP contribution >= 0.6 is 11.6 Å². The lowest BCUT2D eigenvalue weighted by atomic mass is 9.96. The molecule has 0 fully saturated rings. The second kappa shape index (κ2) is 6.59. The van der Waals surface area contributed by atoms with Crippen LogP contribution in [0.25, 0.3) is 11.1 Å². The Morgan fingerprint density at radius 3 is 2.60 bits per heavy atom. The number of nitrogens with two attached hydrogens (primary N) is 1. The molecule has 132 valence electrons. The van der Waals surface area contributed by atoms with Gasteiger partial charge in [0.15, 0.2) is 0 Å². The van der Waals surface area contributed by atoms with Crippen molar-refractivity contribution < 1.29 is 22.7 Å². The maximum Gasteiger partial charge on any atom is 0.399 e. The third kappa shape index (κ3) is 3.44. The molecule has 3 rings (SSSR count). The van der Waals surface area contributed by atoms with Gasteiger partial charge in [-0.1, -0.05) is 35.9 Å². The van der Waals surface area contributed by atoms with E-state index in [4.69, 9.17) is 22.1 Å². The summed E-state index contributed by atoms with van der Waals surface area (Å²) in [5.74, 6) is -1.94. The largest absolute Gasteiger partial charge is 0.494 e. The second-order valence-corrected chi connectivity index (χ2v) is 6.26. The van der Waals surface area contributed by atoms with E-state index in [1.54, 1.807) is 18.2 Å². The van der Waals surface area contributed by atoms with E-state index in [1.807, 2.05) is 0 Å². The fourth-order valence-corrected chi connectivity index (χ4v) is 3.45. The first-order valence-electron chi connectivity index (χ1n) is 7.69. The molecule has 0 saturated carbocycles. The summed E-state index contributed by atoms with van der Waals surface area (Å²) in [6.45, 7) is 0.168. The predicted octanol–water partition coefficient (Wildman–Crippen LogP) is 4.66. The van der Waals surface area contributed by atoms with E-state index in [0.29, 0.717) is 17.5 Å². The van der Waals surface area contributed by atoms with Crippen LogP contribution in [0.2, 0.25) is 5.02 Å². The van der Waals surface area contributed by atoms with E-state index >= 15 is 0 Å². The molecule has 0 unspecified atom stereocenters. The topological polar surface area (TPSA) is 52.3 Å². The summed E-state index contributed by atoms with van der Waals surface area (Å²) >= 11 is 6.26. The zero-order valence-corrected chi connectivity index (χ0v) is 13.8. The van der Waals surface area contributed by atoms with Gasteiger partial charge in [0, 0.05) is 12.0 Å². The summed E-state index contributed by atoms with van der Waals surface area (Å²) in [5.41, 5.74) is 6.21. The van der Waals surface area contributed by atoms with Gasteiger partial charge in [-0.2, -0.15) is 13.2 Å². The van der Waals surface area contributed by atoms with Crippen LogP contribution in [0, 0.1) is 0 Å². The van der Waals surface area contributed by atoms with Crippen molar-refractivity contribution in [3.8, 4) is 16.9 Å². The summed E-state index contributed by atoms with van der Waals surface area (Å²) < 4.78 is 46.4. The van der Waals surface area contributed by atoms with Crippen molar-refractivity contribution >= 4 is 17.5 Å². The number of halogens is 4. The number of hydrogen-bond acceptors (Lipinski definition) is 2. The molecule has 0 heterocycles. The van der Waals surface area contributed by atoms with Crippen molar-refractivity contribution in [2.75, 3.05) is 6.61 Å². The zero-order chi connectivity index (χ0) is 18.2. The average molecular weight is 370 g/mol. The highest BCUT2D eigenvalue weighted by molar-refractivity contribution is 6.34. The van der Waals surface area contributed by atoms with E-state index in [9.17, 15) is 18.0 Å². The summed E-state index contributed by atoms with van der Waals surface area (Å²) in [7, 11) is 0. The molecule has 0 radical (unpaired) electrons. The SMILES string of the molecule is NC(=O)CCCOc1cc(Cl)c2c(c1)[C@@H](C(F)(F)F)c1ccccc1-2. The van der Waals surface area contributed by atoms with Crippen LogP contribution in [-0.4, -0.2) is 18.7 Å². The quantitative estimate of drug-likeness (QED) is 0.779. The number of primary amides is 1. The molecule has 0 saturated heterocycles. The number of benzene rings is 2. The molecule has 2 N–H and O–H groups in total. The molecular formula is C18H15ClF3NO2. The Balaban J connectivity index is 1.96. The second-order valence-electron chi connectivity index (χ2n) is 5.85. The molecule has 0 aliphatic heterocycles. The van der Waals surface area contributed by atoms with Gasteiger partial charge in [-0.15, -0.1) is 0 Å². The van der Waals surface area contributed by atoms with Crippen molar-refractivity contribution in [2.24, 2.45) is 5.73 Å². The van der Waals surface area contributed by atoms with Crippen molar-refractivity contribution in [3.05, 3.63) is 52.5 Å². The number of carbonyl (C=O) groups excluding carboxylic acids is 1. The Morgan fingerprint density at radius 1 is 1.20 bits per heavy atom. The molecule has 25 heavy (non-hydrogen) atoms. The minimum Gasteiger partial charge on any atom is -0.494 e. The first-order valence-corrected chi connectivity index (χ1v) is 8.07. The summed E-state index contributed by atoms with van der Waals surface area (Å²) in [6, 6.07) is 9.25. The maximum atomic E-state index is 13.6. The third-order valence-electron chi connectivity index (χ3n) is 4.11. The summed E-state index contributed by atoms with van der Waals surface area (Å²) in [6.07, 6.45) is -3.91. The number of rotatable bonds is 5. The van der Waals surface area contributed by atoms with Crippen LogP contribution in [0.5, 0.6) is 5.75 Å². The molecule has 3 nitrogen and oxygen atoms in total. The molecule has 1 amide bonds. The molecule has 1 aliphatic carbocycles. The summed E-state index contributed by atoms with van der Waals surface area (Å²) in [5, 5.41) is 0.210.